The van der Waals surface area contributed by atoms with E-state index >= 15 is 0 Å². The number of benzene rings is 1. The highest BCUT2D eigenvalue weighted by atomic mass is 32.2. The number of amides is 1. The minimum absolute atomic E-state index is 0.0282. The van der Waals surface area contributed by atoms with Gasteiger partial charge in [0.15, 0.2) is 11.5 Å². The molecule has 2 N–H and O–H groups in total. The van der Waals surface area contributed by atoms with Crippen molar-refractivity contribution in [2.24, 2.45) is 0 Å². The van der Waals surface area contributed by atoms with Gasteiger partial charge in [-0.1, -0.05) is 6.07 Å². The first-order valence-corrected chi connectivity index (χ1v) is 9.27. The van der Waals surface area contributed by atoms with Crippen molar-refractivity contribution in [2.75, 3.05) is 14.2 Å². The first kappa shape index (κ1) is 19.7. The average Bonchev–Trinajstić information content (AvgIpc) is 2.65. The summed E-state index contributed by atoms with van der Waals surface area (Å²) in [6.45, 7) is 1.67. The number of aromatic nitrogens is 1. The van der Waals surface area contributed by atoms with E-state index in [0.717, 1.165) is 0 Å². The van der Waals surface area contributed by atoms with Crippen molar-refractivity contribution in [3.63, 3.8) is 0 Å². The highest BCUT2D eigenvalue weighted by molar-refractivity contribution is 7.89. The Morgan fingerprint density at radius 1 is 1.15 bits per heavy atom. The van der Waals surface area contributed by atoms with Gasteiger partial charge < -0.3 is 14.8 Å². The smallest absolute Gasteiger partial charge is 0.241 e. The molecule has 0 saturated carbocycles. The second-order valence-corrected chi connectivity index (χ2v) is 7.11. The Hall–Kier alpha value is -2.65. The Balaban J connectivity index is 2.04. The minimum atomic E-state index is -3.91. The molecule has 26 heavy (non-hydrogen) atoms. The summed E-state index contributed by atoms with van der Waals surface area (Å²) >= 11 is 0. The molecule has 140 valence electrons. The fraction of sp³-hybridized carbons (Fsp3) is 0.294. The molecule has 0 aliphatic heterocycles. The van der Waals surface area contributed by atoms with Gasteiger partial charge in [0.2, 0.25) is 15.9 Å². The van der Waals surface area contributed by atoms with Crippen molar-refractivity contribution in [1.82, 2.24) is 15.0 Å². The van der Waals surface area contributed by atoms with Crippen LogP contribution in [0, 0.1) is 0 Å². The zero-order valence-electron chi connectivity index (χ0n) is 14.7. The van der Waals surface area contributed by atoms with Crippen LogP contribution in [0.2, 0.25) is 0 Å². The summed E-state index contributed by atoms with van der Waals surface area (Å²) in [5.74, 6) is 0.231. The highest BCUT2D eigenvalue weighted by Crippen LogP contribution is 2.29. The molecule has 1 heterocycles. The Labute approximate surface area is 152 Å². The van der Waals surface area contributed by atoms with Crippen LogP contribution in [0.25, 0.3) is 0 Å². The lowest BCUT2D eigenvalue weighted by Crippen LogP contribution is -2.44. The summed E-state index contributed by atoms with van der Waals surface area (Å²) in [7, 11) is -1.04. The van der Waals surface area contributed by atoms with Crippen LogP contribution in [-0.2, 0) is 21.4 Å². The predicted molar refractivity (Wildman–Crippen MR) is 95.4 cm³/mol. The number of nitrogens with one attached hydrogen (secondary N) is 2. The molecule has 0 fully saturated rings. The molecule has 1 amide bonds. The Kier molecular flexibility index (Phi) is 6.53. The van der Waals surface area contributed by atoms with Crippen molar-refractivity contribution >= 4 is 15.9 Å². The standard InChI is InChI=1S/C17H21N3O5S/c1-12(17(21)19-11-13-6-4-5-9-18-13)20-26(22,23)14-7-8-15(24-2)16(10-14)25-3/h4-10,12,20H,11H2,1-3H3,(H,19,21)/t12-/m1/s1. The molecule has 0 aliphatic carbocycles. The molecule has 0 saturated heterocycles. The molecule has 9 heteroatoms. The number of hydrogen-bond acceptors (Lipinski definition) is 6. The lowest BCUT2D eigenvalue weighted by molar-refractivity contribution is -0.122. The van der Waals surface area contributed by atoms with E-state index in [1.807, 2.05) is 0 Å². The highest BCUT2D eigenvalue weighted by Gasteiger charge is 2.23. The molecular weight excluding hydrogens is 358 g/mol. The van der Waals surface area contributed by atoms with Crippen LogP contribution >= 0.6 is 0 Å². The van der Waals surface area contributed by atoms with Crippen LogP contribution in [0.3, 0.4) is 0 Å². The molecule has 0 aliphatic rings. The van der Waals surface area contributed by atoms with Gasteiger partial charge in [0.25, 0.3) is 0 Å². The summed E-state index contributed by atoms with van der Waals surface area (Å²) < 4.78 is 37.5. The number of sulfonamides is 1. The van der Waals surface area contributed by atoms with Crippen LogP contribution in [0.5, 0.6) is 11.5 Å². The Morgan fingerprint density at radius 2 is 1.88 bits per heavy atom. The van der Waals surface area contributed by atoms with E-state index in [4.69, 9.17) is 9.47 Å². The van der Waals surface area contributed by atoms with Crippen LogP contribution in [0.15, 0.2) is 47.5 Å². The molecule has 1 aromatic carbocycles. The molecule has 1 aromatic heterocycles. The first-order chi connectivity index (χ1) is 12.4. The van der Waals surface area contributed by atoms with E-state index in [0.29, 0.717) is 11.4 Å². The largest absolute Gasteiger partial charge is 0.493 e. The summed E-state index contributed by atoms with van der Waals surface area (Å²) in [6.07, 6.45) is 1.62. The Bertz CT molecular complexity index is 856. The first-order valence-electron chi connectivity index (χ1n) is 7.79. The summed E-state index contributed by atoms with van der Waals surface area (Å²) in [6, 6.07) is 8.57. The van der Waals surface area contributed by atoms with Gasteiger partial charge in [-0.2, -0.15) is 4.72 Å². The fourth-order valence-electron chi connectivity index (χ4n) is 2.17. The third-order valence-corrected chi connectivity index (χ3v) is 5.10. The van der Waals surface area contributed by atoms with Crippen LogP contribution in [-0.4, -0.2) is 39.6 Å². The number of ether oxygens (including phenoxy) is 2. The second kappa shape index (κ2) is 8.63. The van der Waals surface area contributed by atoms with Crippen molar-refractivity contribution in [3.8, 4) is 11.5 Å². The number of nitrogens with zero attached hydrogens (tertiary/aromatic N) is 1. The molecule has 1 atom stereocenters. The zero-order chi connectivity index (χ0) is 19.2. The maximum absolute atomic E-state index is 12.5. The van der Waals surface area contributed by atoms with Crippen molar-refractivity contribution in [1.29, 1.82) is 0 Å². The third-order valence-electron chi connectivity index (χ3n) is 3.56. The molecule has 8 nitrogen and oxygen atoms in total. The zero-order valence-corrected chi connectivity index (χ0v) is 15.5. The molecule has 0 bridgehead atoms. The van der Waals surface area contributed by atoms with Crippen LogP contribution < -0.4 is 19.5 Å². The van der Waals surface area contributed by atoms with E-state index in [1.165, 1.54) is 39.3 Å². The SMILES string of the molecule is COc1ccc(S(=O)(=O)N[C@H](C)C(=O)NCc2ccccn2)cc1OC. The molecule has 2 aromatic rings. The molecular formula is C17H21N3O5S. The quantitative estimate of drug-likeness (QED) is 0.711. The third kappa shape index (κ3) is 4.93. The second-order valence-electron chi connectivity index (χ2n) is 5.40. The van der Waals surface area contributed by atoms with E-state index < -0.39 is 22.0 Å². The number of pyridine rings is 1. The molecule has 0 radical (unpaired) electrons. The number of carbonyl (C=O) groups is 1. The summed E-state index contributed by atoms with van der Waals surface area (Å²) in [4.78, 5) is 16.2. The Morgan fingerprint density at radius 3 is 2.50 bits per heavy atom. The van der Waals surface area contributed by atoms with Gasteiger partial charge in [-0.05, 0) is 31.2 Å². The van der Waals surface area contributed by atoms with Crippen molar-refractivity contribution in [2.45, 2.75) is 24.4 Å². The lowest BCUT2D eigenvalue weighted by atomic mass is 10.3. The van der Waals surface area contributed by atoms with E-state index in [9.17, 15) is 13.2 Å². The predicted octanol–water partition coefficient (Wildman–Crippen LogP) is 1.08. The fourth-order valence-corrected chi connectivity index (χ4v) is 3.39. The molecule has 0 spiro atoms. The minimum Gasteiger partial charge on any atom is -0.493 e. The maximum Gasteiger partial charge on any atom is 0.241 e. The van der Waals surface area contributed by atoms with Gasteiger partial charge in [0.1, 0.15) is 0 Å². The van der Waals surface area contributed by atoms with Crippen LogP contribution in [0.1, 0.15) is 12.6 Å². The van der Waals surface area contributed by atoms with Gasteiger partial charge in [-0.15, -0.1) is 0 Å². The number of rotatable bonds is 8. The van der Waals surface area contributed by atoms with Gasteiger partial charge in [-0.25, -0.2) is 8.42 Å². The summed E-state index contributed by atoms with van der Waals surface area (Å²) in [5, 5.41) is 2.64. The number of carbonyl (C=O) groups excluding carboxylic acids is 1. The number of methoxy groups -OCH3 is 2. The normalized spacial score (nSPS) is 12.3. The van der Waals surface area contributed by atoms with Gasteiger partial charge in [0.05, 0.1) is 37.4 Å². The van der Waals surface area contributed by atoms with Crippen molar-refractivity contribution in [3.05, 3.63) is 48.3 Å². The number of hydrogen-bond donors (Lipinski definition) is 2. The average molecular weight is 379 g/mol. The monoisotopic (exact) mass is 379 g/mol. The topological polar surface area (TPSA) is 107 Å². The molecule has 2 rings (SSSR count). The summed E-state index contributed by atoms with van der Waals surface area (Å²) in [5.41, 5.74) is 0.677. The molecule has 0 unspecified atom stereocenters. The van der Waals surface area contributed by atoms with Crippen molar-refractivity contribution < 1.29 is 22.7 Å². The van der Waals surface area contributed by atoms with Gasteiger partial charge in [0, 0.05) is 12.3 Å². The van der Waals surface area contributed by atoms with E-state index in [-0.39, 0.29) is 17.2 Å². The van der Waals surface area contributed by atoms with Gasteiger partial charge >= 0.3 is 0 Å². The van der Waals surface area contributed by atoms with Gasteiger partial charge in [-0.3, -0.25) is 9.78 Å². The maximum atomic E-state index is 12.5. The van der Waals surface area contributed by atoms with E-state index in [2.05, 4.69) is 15.0 Å². The lowest BCUT2D eigenvalue weighted by Gasteiger charge is -2.15. The van der Waals surface area contributed by atoms with Crippen LogP contribution in [0.4, 0.5) is 0 Å². The van der Waals surface area contributed by atoms with E-state index in [1.54, 1.807) is 24.4 Å².